The summed E-state index contributed by atoms with van der Waals surface area (Å²) < 4.78 is 13.4. The third kappa shape index (κ3) is 3.16. The van der Waals surface area contributed by atoms with Crippen molar-refractivity contribution < 1.29 is 9.50 Å². The number of rotatable bonds is 3. The van der Waals surface area contributed by atoms with Gasteiger partial charge in [0, 0.05) is 19.1 Å². The Kier molecular flexibility index (Phi) is 4.19. The summed E-state index contributed by atoms with van der Waals surface area (Å²) in [6.07, 6.45) is 0.214. The predicted octanol–water partition coefficient (Wildman–Crippen LogP) is 3.01. The van der Waals surface area contributed by atoms with Crippen LogP contribution in [0, 0.1) is 17.1 Å². The van der Waals surface area contributed by atoms with E-state index in [-0.39, 0.29) is 11.9 Å². The van der Waals surface area contributed by atoms with Crippen LogP contribution < -0.4 is 0 Å². The standard InChI is InChI=1S/C18H17FN2O/c19-16-3-1-2-15(8-16)18-9-17(22)12-21(18)11-14-6-4-13(10-20)5-7-14/h1-8,17-18,22H,9,11-12H2/t17-,18-/m0/s1. The zero-order valence-electron chi connectivity index (χ0n) is 12.1. The van der Waals surface area contributed by atoms with Crippen molar-refractivity contribution in [3.05, 3.63) is 71.0 Å². The molecule has 0 saturated carbocycles. The summed E-state index contributed by atoms with van der Waals surface area (Å²) in [6.45, 7) is 1.24. The quantitative estimate of drug-likeness (QED) is 0.947. The van der Waals surface area contributed by atoms with Gasteiger partial charge in [-0.3, -0.25) is 4.90 Å². The number of benzene rings is 2. The Morgan fingerprint density at radius 2 is 2.00 bits per heavy atom. The maximum absolute atomic E-state index is 13.4. The molecule has 1 heterocycles. The van der Waals surface area contributed by atoms with E-state index in [9.17, 15) is 9.50 Å². The minimum atomic E-state index is -0.397. The maximum atomic E-state index is 13.4. The average Bonchev–Trinajstić information content (AvgIpc) is 2.89. The van der Waals surface area contributed by atoms with E-state index in [0.29, 0.717) is 25.1 Å². The van der Waals surface area contributed by atoms with E-state index in [1.807, 2.05) is 18.2 Å². The summed E-state index contributed by atoms with van der Waals surface area (Å²) in [5.41, 5.74) is 2.60. The van der Waals surface area contributed by atoms with Crippen molar-refractivity contribution in [3.8, 4) is 6.07 Å². The van der Waals surface area contributed by atoms with Crippen LogP contribution >= 0.6 is 0 Å². The summed E-state index contributed by atoms with van der Waals surface area (Å²) in [7, 11) is 0. The van der Waals surface area contributed by atoms with Gasteiger partial charge in [0.05, 0.1) is 17.7 Å². The van der Waals surface area contributed by atoms with Crippen LogP contribution in [-0.4, -0.2) is 22.7 Å². The Labute approximate surface area is 129 Å². The van der Waals surface area contributed by atoms with Gasteiger partial charge in [-0.2, -0.15) is 5.26 Å². The Morgan fingerprint density at radius 3 is 2.68 bits per heavy atom. The van der Waals surface area contributed by atoms with Gasteiger partial charge in [0.15, 0.2) is 0 Å². The average molecular weight is 296 g/mol. The Morgan fingerprint density at radius 1 is 1.23 bits per heavy atom. The third-order valence-electron chi connectivity index (χ3n) is 4.08. The Balaban J connectivity index is 1.80. The van der Waals surface area contributed by atoms with E-state index in [1.165, 1.54) is 12.1 Å². The number of nitriles is 1. The molecule has 1 saturated heterocycles. The number of β-amino-alcohol motifs (C(OH)–C–C–N with tert-alkyl or cyclic N) is 1. The van der Waals surface area contributed by atoms with Gasteiger partial charge in [-0.1, -0.05) is 24.3 Å². The van der Waals surface area contributed by atoms with Crippen molar-refractivity contribution in [1.29, 1.82) is 5.26 Å². The lowest BCUT2D eigenvalue weighted by Crippen LogP contribution is -2.24. The monoisotopic (exact) mass is 296 g/mol. The Hall–Kier alpha value is -2.22. The lowest BCUT2D eigenvalue weighted by molar-refractivity contribution is 0.172. The molecule has 2 aromatic carbocycles. The minimum Gasteiger partial charge on any atom is -0.392 e. The molecular formula is C18H17FN2O. The largest absolute Gasteiger partial charge is 0.392 e. The molecule has 0 bridgehead atoms. The molecule has 0 aromatic heterocycles. The SMILES string of the molecule is N#Cc1ccc(CN2C[C@@H](O)C[C@H]2c2cccc(F)c2)cc1. The summed E-state index contributed by atoms with van der Waals surface area (Å²) in [4.78, 5) is 2.15. The third-order valence-corrected chi connectivity index (χ3v) is 4.08. The van der Waals surface area contributed by atoms with Gasteiger partial charge >= 0.3 is 0 Å². The van der Waals surface area contributed by atoms with Crippen LogP contribution in [0.2, 0.25) is 0 Å². The van der Waals surface area contributed by atoms with Crippen molar-refractivity contribution in [2.24, 2.45) is 0 Å². The molecule has 3 nitrogen and oxygen atoms in total. The fraction of sp³-hybridized carbons (Fsp3) is 0.278. The topological polar surface area (TPSA) is 47.3 Å². The number of hydrogen-bond acceptors (Lipinski definition) is 3. The second-order valence-electron chi connectivity index (χ2n) is 5.70. The van der Waals surface area contributed by atoms with E-state index >= 15 is 0 Å². The van der Waals surface area contributed by atoms with Crippen molar-refractivity contribution in [2.45, 2.75) is 25.1 Å². The van der Waals surface area contributed by atoms with Crippen LogP contribution in [0.4, 0.5) is 4.39 Å². The predicted molar refractivity (Wildman–Crippen MR) is 81.3 cm³/mol. The molecule has 0 aliphatic carbocycles. The lowest BCUT2D eigenvalue weighted by atomic mass is 10.0. The van der Waals surface area contributed by atoms with Crippen LogP contribution in [0.5, 0.6) is 0 Å². The van der Waals surface area contributed by atoms with E-state index in [1.54, 1.807) is 18.2 Å². The van der Waals surface area contributed by atoms with Crippen LogP contribution in [0.3, 0.4) is 0 Å². The summed E-state index contributed by atoms with van der Waals surface area (Å²) in [6, 6.07) is 16.1. The van der Waals surface area contributed by atoms with E-state index in [0.717, 1.165) is 11.1 Å². The van der Waals surface area contributed by atoms with Crippen molar-refractivity contribution in [3.63, 3.8) is 0 Å². The summed E-state index contributed by atoms with van der Waals surface area (Å²) in [5, 5.41) is 18.8. The fourth-order valence-corrected chi connectivity index (χ4v) is 3.03. The molecule has 2 atom stereocenters. The van der Waals surface area contributed by atoms with Crippen LogP contribution in [0.25, 0.3) is 0 Å². The molecule has 1 aliphatic heterocycles. The highest BCUT2D eigenvalue weighted by Gasteiger charge is 2.32. The van der Waals surface area contributed by atoms with Crippen molar-refractivity contribution in [2.75, 3.05) is 6.54 Å². The van der Waals surface area contributed by atoms with Crippen LogP contribution in [-0.2, 0) is 6.54 Å². The summed E-state index contributed by atoms with van der Waals surface area (Å²) in [5.74, 6) is -0.253. The lowest BCUT2D eigenvalue weighted by Gasteiger charge is -2.24. The highest BCUT2D eigenvalue weighted by Crippen LogP contribution is 2.33. The molecule has 1 N–H and O–H groups in total. The van der Waals surface area contributed by atoms with Crippen LogP contribution in [0.15, 0.2) is 48.5 Å². The number of aliphatic hydroxyl groups is 1. The van der Waals surface area contributed by atoms with Gasteiger partial charge in [-0.25, -0.2) is 4.39 Å². The number of nitrogens with zero attached hydrogens (tertiary/aromatic N) is 2. The molecule has 4 heteroatoms. The zero-order valence-corrected chi connectivity index (χ0v) is 12.1. The van der Waals surface area contributed by atoms with Gasteiger partial charge in [-0.15, -0.1) is 0 Å². The number of hydrogen-bond donors (Lipinski definition) is 1. The Bertz CT molecular complexity index is 693. The molecule has 0 amide bonds. The minimum absolute atomic E-state index is 0.0151. The first kappa shape index (κ1) is 14.7. The molecule has 1 fully saturated rings. The molecule has 1 aliphatic rings. The zero-order chi connectivity index (χ0) is 15.5. The van der Waals surface area contributed by atoms with Gasteiger partial charge in [0.25, 0.3) is 0 Å². The van der Waals surface area contributed by atoms with Gasteiger partial charge in [0.2, 0.25) is 0 Å². The number of halogens is 1. The molecule has 0 radical (unpaired) electrons. The highest BCUT2D eigenvalue weighted by molar-refractivity contribution is 5.32. The first-order chi connectivity index (χ1) is 10.7. The molecule has 0 spiro atoms. The van der Waals surface area contributed by atoms with Gasteiger partial charge in [0.1, 0.15) is 5.82 Å². The smallest absolute Gasteiger partial charge is 0.123 e. The van der Waals surface area contributed by atoms with E-state index < -0.39 is 6.10 Å². The van der Waals surface area contributed by atoms with Crippen molar-refractivity contribution in [1.82, 2.24) is 4.90 Å². The summed E-state index contributed by atoms with van der Waals surface area (Å²) >= 11 is 0. The van der Waals surface area contributed by atoms with E-state index in [4.69, 9.17) is 5.26 Å². The normalized spacial score (nSPS) is 21.7. The van der Waals surface area contributed by atoms with E-state index in [2.05, 4.69) is 11.0 Å². The number of aliphatic hydroxyl groups excluding tert-OH is 1. The molecule has 112 valence electrons. The second kappa shape index (κ2) is 6.27. The van der Waals surface area contributed by atoms with Gasteiger partial charge < -0.3 is 5.11 Å². The molecule has 3 rings (SSSR count). The first-order valence-corrected chi connectivity index (χ1v) is 7.32. The fourth-order valence-electron chi connectivity index (χ4n) is 3.03. The van der Waals surface area contributed by atoms with Crippen LogP contribution in [0.1, 0.15) is 29.2 Å². The van der Waals surface area contributed by atoms with Crippen molar-refractivity contribution >= 4 is 0 Å². The molecule has 0 unspecified atom stereocenters. The first-order valence-electron chi connectivity index (χ1n) is 7.32. The highest BCUT2D eigenvalue weighted by atomic mass is 19.1. The number of likely N-dealkylation sites (tertiary alicyclic amines) is 1. The molecule has 22 heavy (non-hydrogen) atoms. The molecule has 2 aromatic rings. The maximum Gasteiger partial charge on any atom is 0.123 e. The molecular weight excluding hydrogens is 279 g/mol. The second-order valence-corrected chi connectivity index (χ2v) is 5.70. The van der Waals surface area contributed by atoms with Gasteiger partial charge in [-0.05, 0) is 41.8 Å².